The van der Waals surface area contributed by atoms with E-state index < -0.39 is 16.3 Å². The van der Waals surface area contributed by atoms with Crippen LogP contribution in [0.1, 0.15) is 0 Å². The standard InChI is InChI=1S/C16H25NSi2/c1-18(2,3)15-12-16(14-10-8-7-9-11-14)17(13-15)19(4,5)6/h7-13H,1-6H3. The molecule has 2 aromatic rings. The topological polar surface area (TPSA) is 4.93 Å². The third-order valence-corrected chi connectivity index (χ3v) is 7.30. The van der Waals surface area contributed by atoms with Gasteiger partial charge < -0.3 is 4.23 Å². The molecule has 0 spiro atoms. The number of nitrogens with zero attached hydrogens (tertiary/aromatic N) is 1. The Morgan fingerprint density at radius 2 is 1.42 bits per heavy atom. The Labute approximate surface area is 119 Å². The van der Waals surface area contributed by atoms with Crippen molar-refractivity contribution in [3.8, 4) is 11.3 Å². The van der Waals surface area contributed by atoms with Crippen LogP contribution in [0.5, 0.6) is 0 Å². The summed E-state index contributed by atoms with van der Waals surface area (Å²) in [7, 11) is -2.63. The van der Waals surface area contributed by atoms with E-state index in [4.69, 9.17) is 0 Å². The summed E-state index contributed by atoms with van der Waals surface area (Å²) in [6.45, 7) is 14.5. The molecule has 0 aliphatic heterocycles. The molecule has 0 saturated heterocycles. The molecule has 19 heavy (non-hydrogen) atoms. The van der Waals surface area contributed by atoms with Crippen molar-refractivity contribution in [1.29, 1.82) is 0 Å². The Morgan fingerprint density at radius 3 is 1.89 bits per heavy atom. The fourth-order valence-corrected chi connectivity index (χ4v) is 4.92. The molecule has 3 heteroatoms. The molecule has 1 aromatic carbocycles. The molecule has 0 atom stereocenters. The molecule has 2 rings (SSSR count). The van der Waals surface area contributed by atoms with Crippen LogP contribution in [0.3, 0.4) is 0 Å². The van der Waals surface area contributed by atoms with E-state index in [0.717, 1.165) is 0 Å². The van der Waals surface area contributed by atoms with E-state index in [1.165, 1.54) is 11.3 Å². The second-order valence-electron chi connectivity index (χ2n) is 7.27. The largest absolute Gasteiger partial charge is 0.375 e. The number of aromatic nitrogens is 1. The van der Waals surface area contributed by atoms with Crippen LogP contribution in [0.2, 0.25) is 39.3 Å². The summed E-state index contributed by atoms with van der Waals surface area (Å²) >= 11 is 0. The van der Waals surface area contributed by atoms with Crippen molar-refractivity contribution in [3.05, 3.63) is 42.6 Å². The summed E-state index contributed by atoms with van der Waals surface area (Å²) in [6, 6.07) is 13.2. The van der Waals surface area contributed by atoms with Crippen LogP contribution >= 0.6 is 0 Å². The van der Waals surface area contributed by atoms with Gasteiger partial charge in [-0.25, -0.2) is 0 Å². The fraction of sp³-hybridized carbons (Fsp3) is 0.375. The molecule has 1 nitrogen and oxygen atoms in total. The lowest BCUT2D eigenvalue weighted by Crippen LogP contribution is -2.38. The van der Waals surface area contributed by atoms with Crippen LogP contribution in [0.25, 0.3) is 11.3 Å². The maximum Gasteiger partial charge on any atom is 0.152 e. The minimum atomic E-state index is -1.38. The van der Waals surface area contributed by atoms with Gasteiger partial charge in [0, 0.05) is 5.69 Å². The van der Waals surface area contributed by atoms with Gasteiger partial charge >= 0.3 is 0 Å². The van der Waals surface area contributed by atoms with Gasteiger partial charge in [0.2, 0.25) is 0 Å². The van der Waals surface area contributed by atoms with Crippen molar-refractivity contribution in [2.75, 3.05) is 0 Å². The lowest BCUT2D eigenvalue weighted by Gasteiger charge is -2.22. The summed E-state index contributed by atoms with van der Waals surface area (Å²) in [5.41, 5.74) is 2.74. The van der Waals surface area contributed by atoms with Gasteiger partial charge in [-0.15, -0.1) is 0 Å². The first-order valence-electron chi connectivity index (χ1n) is 6.98. The quantitative estimate of drug-likeness (QED) is 0.738. The van der Waals surface area contributed by atoms with E-state index in [-0.39, 0.29) is 0 Å². The van der Waals surface area contributed by atoms with E-state index in [2.05, 4.69) is 86.1 Å². The molecule has 0 N–H and O–H groups in total. The predicted molar refractivity (Wildman–Crippen MR) is 91.6 cm³/mol. The van der Waals surface area contributed by atoms with Crippen LogP contribution in [0.4, 0.5) is 0 Å². The summed E-state index contributed by atoms with van der Waals surface area (Å²) in [6.07, 6.45) is 2.43. The first kappa shape index (κ1) is 14.3. The van der Waals surface area contributed by atoms with Crippen molar-refractivity contribution in [1.82, 2.24) is 4.23 Å². The average Bonchev–Trinajstić information content (AvgIpc) is 2.74. The lowest BCUT2D eigenvalue weighted by molar-refractivity contribution is 1.16. The number of hydrogen-bond donors (Lipinski definition) is 0. The van der Waals surface area contributed by atoms with Crippen molar-refractivity contribution in [3.63, 3.8) is 0 Å². The summed E-state index contributed by atoms with van der Waals surface area (Å²) < 4.78 is 2.57. The normalized spacial score (nSPS) is 12.7. The third-order valence-electron chi connectivity index (χ3n) is 3.48. The van der Waals surface area contributed by atoms with Crippen molar-refractivity contribution in [2.24, 2.45) is 0 Å². The van der Waals surface area contributed by atoms with Gasteiger partial charge in [0.05, 0.1) is 8.07 Å². The summed E-state index contributed by atoms with van der Waals surface area (Å²) in [5, 5.41) is 1.56. The zero-order chi connectivity index (χ0) is 14.3. The third kappa shape index (κ3) is 3.09. The van der Waals surface area contributed by atoms with E-state index in [0.29, 0.717) is 0 Å². The second kappa shape index (κ2) is 4.80. The van der Waals surface area contributed by atoms with E-state index in [1.54, 1.807) is 5.19 Å². The molecule has 0 radical (unpaired) electrons. The molecule has 0 unspecified atom stereocenters. The average molecular weight is 288 g/mol. The van der Waals surface area contributed by atoms with Gasteiger partial charge in [0.15, 0.2) is 8.24 Å². The van der Waals surface area contributed by atoms with Gasteiger partial charge in [0.25, 0.3) is 0 Å². The molecule has 0 fully saturated rings. The van der Waals surface area contributed by atoms with Crippen LogP contribution in [0, 0.1) is 0 Å². The Kier molecular flexibility index (Phi) is 3.62. The maximum atomic E-state index is 2.57. The molecular weight excluding hydrogens is 262 g/mol. The molecule has 0 saturated carbocycles. The van der Waals surface area contributed by atoms with Crippen LogP contribution in [-0.4, -0.2) is 20.5 Å². The van der Waals surface area contributed by atoms with Crippen molar-refractivity contribution in [2.45, 2.75) is 39.3 Å². The first-order valence-corrected chi connectivity index (χ1v) is 13.9. The number of benzene rings is 1. The lowest BCUT2D eigenvalue weighted by atomic mass is 10.2. The van der Waals surface area contributed by atoms with Crippen molar-refractivity contribution < 1.29 is 0 Å². The zero-order valence-electron chi connectivity index (χ0n) is 13.0. The van der Waals surface area contributed by atoms with Crippen LogP contribution < -0.4 is 5.19 Å². The van der Waals surface area contributed by atoms with Crippen LogP contribution in [-0.2, 0) is 0 Å². The fourth-order valence-electron chi connectivity index (χ4n) is 2.26. The smallest absolute Gasteiger partial charge is 0.152 e. The van der Waals surface area contributed by atoms with Gasteiger partial charge in [-0.05, 0) is 23.0 Å². The highest BCUT2D eigenvalue weighted by Crippen LogP contribution is 2.24. The zero-order valence-corrected chi connectivity index (χ0v) is 15.0. The highest BCUT2D eigenvalue weighted by molar-refractivity contribution is 6.89. The highest BCUT2D eigenvalue weighted by Gasteiger charge is 2.25. The van der Waals surface area contributed by atoms with E-state index in [9.17, 15) is 0 Å². The minimum Gasteiger partial charge on any atom is -0.375 e. The molecule has 1 heterocycles. The SMILES string of the molecule is C[Si](C)(C)c1cc(-c2ccccc2)n([Si](C)(C)C)c1. The molecular formula is C16H25NSi2. The van der Waals surface area contributed by atoms with Gasteiger partial charge in [-0.2, -0.15) is 0 Å². The second-order valence-corrected chi connectivity index (χ2v) is 17.2. The first-order chi connectivity index (χ1) is 8.69. The van der Waals surface area contributed by atoms with E-state index >= 15 is 0 Å². The molecule has 0 aliphatic rings. The molecule has 0 aliphatic carbocycles. The van der Waals surface area contributed by atoms with E-state index in [1.807, 2.05) is 0 Å². The maximum absolute atomic E-state index is 2.57. The Balaban J connectivity index is 2.63. The highest BCUT2D eigenvalue weighted by atomic mass is 28.3. The monoisotopic (exact) mass is 287 g/mol. The van der Waals surface area contributed by atoms with Gasteiger partial charge in [-0.1, -0.05) is 69.6 Å². The Morgan fingerprint density at radius 1 is 0.842 bits per heavy atom. The Hall–Kier alpha value is -1.07. The summed E-state index contributed by atoms with van der Waals surface area (Å²) in [5.74, 6) is 0. The minimum absolute atomic E-state index is 1.25. The molecule has 102 valence electrons. The number of hydrogen-bond acceptors (Lipinski definition) is 0. The molecule has 0 bridgehead atoms. The van der Waals surface area contributed by atoms with Crippen LogP contribution in [0.15, 0.2) is 42.6 Å². The van der Waals surface area contributed by atoms with Gasteiger partial charge in [0.1, 0.15) is 0 Å². The summed E-state index contributed by atoms with van der Waals surface area (Å²) in [4.78, 5) is 0. The number of rotatable bonds is 3. The molecule has 0 amide bonds. The molecule has 1 aromatic heterocycles. The Bertz CT molecular complexity index is 557. The predicted octanol–water partition coefficient (Wildman–Crippen LogP) is 4.38. The van der Waals surface area contributed by atoms with Gasteiger partial charge in [-0.3, -0.25) is 0 Å². The van der Waals surface area contributed by atoms with Crippen molar-refractivity contribution >= 4 is 21.5 Å².